The predicted octanol–water partition coefficient (Wildman–Crippen LogP) is 3.10. The molecular weight excluding hydrogens is 247 g/mol. The van der Waals surface area contributed by atoms with E-state index < -0.39 is 4.33 Å². The summed E-state index contributed by atoms with van der Waals surface area (Å²) < 4.78 is -0.601. The van der Waals surface area contributed by atoms with Crippen molar-refractivity contribution in [3.05, 3.63) is 29.8 Å². The zero-order chi connectivity index (χ0) is 11.8. The van der Waals surface area contributed by atoms with Crippen LogP contribution in [0.2, 0.25) is 0 Å². The van der Waals surface area contributed by atoms with Gasteiger partial charge in [-0.25, -0.2) is 4.79 Å². The van der Waals surface area contributed by atoms with Crippen LogP contribution in [0.15, 0.2) is 24.3 Å². The summed E-state index contributed by atoms with van der Waals surface area (Å²) in [6.45, 7) is 0. The van der Waals surface area contributed by atoms with Crippen LogP contribution in [0.5, 0.6) is 0 Å². The van der Waals surface area contributed by atoms with Gasteiger partial charge in [0.05, 0.1) is 0 Å². The summed E-state index contributed by atoms with van der Waals surface area (Å²) in [5.74, 6) is 0.213. The van der Waals surface area contributed by atoms with Crippen molar-refractivity contribution in [3.63, 3.8) is 0 Å². The summed E-state index contributed by atoms with van der Waals surface area (Å²) in [4.78, 5) is 11.1. The van der Waals surface area contributed by atoms with Gasteiger partial charge in [0.25, 0.3) is 0 Å². The van der Waals surface area contributed by atoms with Crippen molar-refractivity contribution in [1.29, 1.82) is 0 Å². The minimum Gasteiger partial charge on any atom is -0.341 e. The van der Waals surface area contributed by atoms with E-state index in [0.717, 1.165) is 17.7 Å². The minimum absolute atomic E-state index is 0.213. The third-order valence-corrected chi connectivity index (χ3v) is 3.46. The quantitative estimate of drug-likeness (QED) is 0.787. The highest BCUT2D eigenvalue weighted by Gasteiger charge is 2.52. The van der Waals surface area contributed by atoms with Gasteiger partial charge in [0.1, 0.15) is 4.33 Å². The van der Waals surface area contributed by atoms with Gasteiger partial charge in [-0.05, 0) is 24.1 Å². The van der Waals surface area contributed by atoms with E-state index in [1.807, 2.05) is 24.3 Å². The molecule has 16 heavy (non-hydrogen) atoms. The van der Waals surface area contributed by atoms with E-state index >= 15 is 0 Å². The minimum atomic E-state index is -0.601. The normalized spacial score (nSPS) is 21.3. The van der Waals surface area contributed by atoms with Gasteiger partial charge < -0.3 is 10.6 Å². The molecule has 1 aliphatic rings. The molecule has 0 unspecified atom stereocenters. The maximum Gasteiger partial charge on any atom is 0.318 e. The van der Waals surface area contributed by atoms with Gasteiger partial charge in [0.15, 0.2) is 0 Å². The number of carbonyl (C=O) groups excluding carboxylic acids is 1. The van der Waals surface area contributed by atoms with E-state index in [1.165, 1.54) is 0 Å². The first-order chi connectivity index (χ1) is 7.53. The van der Waals surface area contributed by atoms with Crippen LogP contribution in [0, 0.1) is 0 Å². The fourth-order valence-electron chi connectivity index (χ4n) is 1.57. The third kappa shape index (κ3) is 2.42. The molecule has 1 atom stereocenters. The predicted molar refractivity (Wildman–Crippen MR) is 66.3 cm³/mol. The summed E-state index contributed by atoms with van der Waals surface area (Å²) in [6, 6.07) is 7.31. The molecular formula is C11H12Cl2N2O. The van der Waals surface area contributed by atoms with E-state index in [1.54, 1.807) is 7.05 Å². The zero-order valence-electron chi connectivity index (χ0n) is 8.76. The van der Waals surface area contributed by atoms with Crippen molar-refractivity contribution < 1.29 is 4.79 Å². The van der Waals surface area contributed by atoms with Gasteiger partial charge in [-0.3, -0.25) is 0 Å². The Morgan fingerprint density at radius 2 is 1.94 bits per heavy atom. The van der Waals surface area contributed by atoms with E-state index in [4.69, 9.17) is 23.2 Å². The molecule has 1 aromatic carbocycles. The number of benzene rings is 1. The molecule has 3 nitrogen and oxygen atoms in total. The van der Waals surface area contributed by atoms with Crippen LogP contribution in [-0.4, -0.2) is 17.4 Å². The first kappa shape index (κ1) is 11.6. The molecule has 5 heteroatoms. The standard InChI is InChI=1S/C11H12Cl2N2O/c1-14-10(16)15-8-4-2-7(3-5-8)9-6-11(9,12)13/h2-5,9H,6H2,1H3,(H2,14,15,16)/t9-/m1/s1. The Balaban J connectivity index is 2.03. The van der Waals surface area contributed by atoms with Gasteiger partial charge in [-0.1, -0.05) is 12.1 Å². The van der Waals surface area contributed by atoms with E-state index in [9.17, 15) is 4.79 Å². The van der Waals surface area contributed by atoms with Crippen LogP contribution >= 0.6 is 23.2 Å². The number of nitrogens with one attached hydrogen (secondary N) is 2. The van der Waals surface area contributed by atoms with Crippen LogP contribution in [0.25, 0.3) is 0 Å². The number of halogens is 2. The highest BCUT2D eigenvalue weighted by atomic mass is 35.5. The first-order valence-electron chi connectivity index (χ1n) is 4.99. The van der Waals surface area contributed by atoms with E-state index in [2.05, 4.69) is 10.6 Å². The lowest BCUT2D eigenvalue weighted by Crippen LogP contribution is -2.24. The second-order valence-corrected chi connectivity index (χ2v) is 5.39. The number of hydrogen-bond acceptors (Lipinski definition) is 1. The SMILES string of the molecule is CNC(=O)Nc1ccc([C@H]2CC2(Cl)Cl)cc1. The van der Waals surface area contributed by atoms with Crippen LogP contribution in [0.3, 0.4) is 0 Å². The molecule has 2 N–H and O–H groups in total. The van der Waals surface area contributed by atoms with Crippen molar-refractivity contribution in [1.82, 2.24) is 5.32 Å². The lowest BCUT2D eigenvalue weighted by atomic mass is 10.1. The molecule has 0 heterocycles. The summed E-state index contributed by atoms with van der Waals surface area (Å²) in [6.07, 6.45) is 0.790. The van der Waals surface area contributed by atoms with Crippen molar-refractivity contribution in [2.45, 2.75) is 16.7 Å². The number of alkyl halides is 2. The van der Waals surface area contributed by atoms with E-state index in [-0.39, 0.29) is 11.9 Å². The Morgan fingerprint density at radius 1 is 1.38 bits per heavy atom. The van der Waals surface area contributed by atoms with Crippen LogP contribution in [0.4, 0.5) is 10.5 Å². The van der Waals surface area contributed by atoms with Gasteiger partial charge in [-0.15, -0.1) is 23.2 Å². The second-order valence-electron chi connectivity index (χ2n) is 3.84. The molecule has 0 spiro atoms. The number of hydrogen-bond donors (Lipinski definition) is 2. The van der Waals surface area contributed by atoms with E-state index in [0.29, 0.717) is 0 Å². The third-order valence-electron chi connectivity index (χ3n) is 2.62. The van der Waals surface area contributed by atoms with Crippen molar-refractivity contribution >= 4 is 34.9 Å². The lowest BCUT2D eigenvalue weighted by molar-refractivity contribution is 0.254. The monoisotopic (exact) mass is 258 g/mol. The molecule has 0 aromatic heterocycles. The lowest BCUT2D eigenvalue weighted by Gasteiger charge is -2.05. The molecule has 0 aliphatic heterocycles. The van der Waals surface area contributed by atoms with Crippen LogP contribution < -0.4 is 10.6 Å². The molecule has 2 rings (SSSR count). The van der Waals surface area contributed by atoms with Crippen LogP contribution in [0.1, 0.15) is 17.9 Å². The maximum absolute atomic E-state index is 11.1. The van der Waals surface area contributed by atoms with Crippen molar-refractivity contribution in [2.24, 2.45) is 0 Å². The first-order valence-corrected chi connectivity index (χ1v) is 5.75. The average molecular weight is 259 g/mol. The Hall–Kier alpha value is -0.930. The average Bonchev–Trinajstić information content (AvgIpc) is 2.89. The second kappa shape index (κ2) is 4.15. The van der Waals surface area contributed by atoms with Gasteiger partial charge >= 0.3 is 6.03 Å². The molecule has 0 radical (unpaired) electrons. The molecule has 1 fully saturated rings. The molecule has 1 aromatic rings. The number of amides is 2. The summed E-state index contributed by atoms with van der Waals surface area (Å²) >= 11 is 11.9. The van der Waals surface area contributed by atoms with Crippen LogP contribution in [-0.2, 0) is 0 Å². The highest BCUT2D eigenvalue weighted by Crippen LogP contribution is 2.59. The molecule has 0 saturated heterocycles. The van der Waals surface area contributed by atoms with Gasteiger partial charge in [0.2, 0.25) is 0 Å². The molecule has 86 valence electrons. The molecule has 2 amide bonds. The van der Waals surface area contributed by atoms with Gasteiger partial charge in [-0.2, -0.15) is 0 Å². The number of anilines is 1. The largest absolute Gasteiger partial charge is 0.341 e. The fourth-order valence-corrected chi connectivity index (χ4v) is 2.13. The fraction of sp³-hybridized carbons (Fsp3) is 0.364. The molecule has 1 saturated carbocycles. The molecule has 0 bridgehead atoms. The smallest absolute Gasteiger partial charge is 0.318 e. The van der Waals surface area contributed by atoms with Gasteiger partial charge in [0, 0.05) is 18.7 Å². The van der Waals surface area contributed by atoms with Crippen molar-refractivity contribution in [3.8, 4) is 0 Å². The highest BCUT2D eigenvalue weighted by molar-refractivity contribution is 6.51. The summed E-state index contributed by atoms with van der Waals surface area (Å²) in [5.41, 5.74) is 1.85. The summed E-state index contributed by atoms with van der Waals surface area (Å²) in [5, 5.41) is 5.17. The Labute approximate surface area is 104 Å². The number of carbonyl (C=O) groups is 1. The number of rotatable bonds is 2. The van der Waals surface area contributed by atoms with Crippen molar-refractivity contribution in [2.75, 3.05) is 12.4 Å². The Kier molecular flexibility index (Phi) is 3.00. The summed E-state index contributed by atoms with van der Waals surface area (Å²) in [7, 11) is 1.57. The zero-order valence-corrected chi connectivity index (χ0v) is 10.3. The topological polar surface area (TPSA) is 41.1 Å². The number of urea groups is 1. The Morgan fingerprint density at radius 3 is 2.38 bits per heavy atom. The molecule has 1 aliphatic carbocycles. The maximum atomic E-state index is 11.1. The Bertz CT molecular complexity index is 403.